The first-order valence-electron chi connectivity index (χ1n) is 11.3. The van der Waals surface area contributed by atoms with Crippen LogP contribution >= 0.6 is 0 Å². The highest BCUT2D eigenvalue weighted by Gasteiger charge is 2.34. The number of fused-ring (bicyclic) bond motifs is 1. The Morgan fingerprint density at radius 2 is 1.65 bits per heavy atom. The van der Waals surface area contributed by atoms with Crippen molar-refractivity contribution in [3.8, 4) is 5.75 Å². The lowest BCUT2D eigenvalue weighted by Gasteiger charge is -2.22. The zero-order valence-electron chi connectivity index (χ0n) is 18.7. The molecule has 1 aliphatic rings. The Kier molecular flexibility index (Phi) is 7.57. The van der Waals surface area contributed by atoms with E-state index in [1.54, 1.807) is 5.48 Å². The van der Waals surface area contributed by atoms with Crippen LogP contribution in [0.2, 0.25) is 0 Å². The standard InChI is InChI=1S/C27H28N2O5/c30-24-15-20-8-4-5-9-23(20)26(24)28-27(32)21(16-25(31)29-33)14-18-10-12-22(13-11-18)34-17-19-6-2-1-3-7-19/h1-13,21,24,26,30,33H,14-17H2,(H,28,32)(H,29,31). The minimum absolute atomic E-state index is 0.181. The molecule has 3 aromatic rings. The van der Waals surface area contributed by atoms with E-state index in [-0.39, 0.29) is 12.3 Å². The van der Waals surface area contributed by atoms with Gasteiger partial charge in [-0.05, 0) is 40.8 Å². The van der Waals surface area contributed by atoms with Crippen LogP contribution in [0.4, 0.5) is 0 Å². The SMILES string of the molecule is O=C(CC(Cc1ccc(OCc2ccccc2)cc1)C(=O)NC1c2ccccc2CC1O)NO. The summed E-state index contributed by atoms with van der Waals surface area (Å²) in [6, 6.07) is 24.3. The summed E-state index contributed by atoms with van der Waals surface area (Å²) < 4.78 is 5.81. The Balaban J connectivity index is 1.41. The molecule has 0 bridgehead atoms. The number of carbonyl (C=O) groups excluding carboxylic acids is 2. The van der Waals surface area contributed by atoms with Crippen LogP contribution in [-0.4, -0.2) is 28.2 Å². The highest BCUT2D eigenvalue weighted by atomic mass is 16.5. The van der Waals surface area contributed by atoms with Gasteiger partial charge in [0.25, 0.3) is 0 Å². The van der Waals surface area contributed by atoms with Crippen LogP contribution < -0.4 is 15.5 Å². The number of ether oxygens (including phenoxy) is 1. The number of hydrogen-bond acceptors (Lipinski definition) is 5. The molecule has 2 amide bonds. The summed E-state index contributed by atoms with van der Waals surface area (Å²) in [7, 11) is 0. The van der Waals surface area contributed by atoms with Gasteiger partial charge in [-0.3, -0.25) is 14.8 Å². The molecule has 0 saturated carbocycles. The molecular formula is C27H28N2O5. The van der Waals surface area contributed by atoms with Gasteiger partial charge < -0.3 is 15.2 Å². The van der Waals surface area contributed by atoms with E-state index in [0.717, 1.165) is 22.3 Å². The Hall–Kier alpha value is -3.68. The molecule has 0 fully saturated rings. The van der Waals surface area contributed by atoms with Crippen LogP contribution in [0.15, 0.2) is 78.9 Å². The average molecular weight is 461 g/mol. The molecule has 3 aromatic carbocycles. The maximum Gasteiger partial charge on any atom is 0.244 e. The van der Waals surface area contributed by atoms with Crippen molar-refractivity contribution in [2.75, 3.05) is 0 Å². The molecular weight excluding hydrogens is 432 g/mol. The van der Waals surface area contributed by atoms with Crippen LogP contribution in [0.25, 0.3) is 0 Å². The summed E-state index contributed by atoms with van der Waals surface area (Å²) >= 11 is 0. The van der Waals surface area contributed by atoms with Crippen molar-refractivity contribution in [2.24, 2.45) is 5.92 Å². The molecule has 0 aromatic heterocycles. The van der Waals surface area contributed by atoms with Gasteiger partial charge in [0.1, 0.15) is 12.4 Å². The Morgan fingerprint density at radius 3 is 2.38 bits per heavy atom. The van der Waals surface area contributed by atoms with Gasteiger partial charge in [0.05, 0.1) is 18.1 Å². The highest BCUT2D eigenvalue weighted by molar-refractivity contribution is 5.86. The lowest BCUT2D eigenvalue weighted by atomic mass is 9.94. The first-order chi connectivity index (χ1) is 16.5. The monoisotopic (exact) mass is 460 g/mol. The predicted octanol–water partition coefficient (Wildman–Crippen LogP) is 3.09. The summed E-state index contributed by atoms with van der Waals surface area (Å²) in [5, 5.41) is 22.4. The van der Waals surface area contributed by atoms with Gasteiger partial charge in [0.15, 0.2) is 0 Å². The fourth-order valence-electron chi connectivity index (χ4n) is 4.29. The zero-order chi connectivity index (χ0) is 23.9. The summed E-state index contributed by atoms with van der Waals surface area (Å²) in [4.78, 5) is 25.0. The molecule has 7 heteroatoms. The second-order valence-electron chi connectivity index (χ2n) is 8.51. The Labute approximate surface area is 198 Å². The van der Waals surface area contributed by atoms with Crippen LogP contribution in [-0.2, 0) is 29.0 Å². The van der Waals surface area contributed by atoms with E-state index in [4.69, 9.17) is 9.94 Å². The normalized spacial score (nSPS) is 17.5. The molecule has 4 N–H and O–H groups in total. The number of carbonyl (C=O) groups is 2. The number of amides is 2. The van der Waals surface area contributed by atoms with Gasteiger partial charge in [-0.2, -0.15) is 0 Å². The molecule has 7 nitrogen and oxygen atoms in total. The number of hydroxylamine groups is 1. The highest BCUT2D eigenvalue weighted by Crippen LogP contribution is 2.31. The molecule has 34 heavy (non-hydrogen) atoms. The van der Waals surface area contributed by atoms with E-state index in [2.05, 4.69) is 5.32 Å². The number of aliphatic hydroxyl groups is 1. The van der Waals surface area contributed by atoms with Gasteiger partial charge in [-0.25, -0.2) is 5.48 Å². The number of benzene rings is 3. The fourth-order valence-corrected chi connectivity index (χ4v) is 4.29. The average Bonchev–Trinajstić information content (AvgIpc) is 3.18. The lowest BCUT2D eigenvalue weighted by Crippen LogP contribution is -2.40. The van der Waals surface area contributed by atoms with Gasteiger partial charge in [0, 0.05) is 12.8 Å². The molecule has 0 spiro atoms. The molecule has 3 atom stereocenters. The third-order valence-corrected chi connectivity index (χ3v) is 6.08. The van der Waals surface area contributed by atoms with Gasteiger partial charge in [0.2, 0.25) is 11.8 Å². The zero-order valence-corrected chi connectivity index (χ0v) is 18.7. The van der Waals surface area contributed by atoms with Crippen molar-refractivity contribution in [1.82, 2.24) is 10.8 Å². The Bertz CT molecular complexity index is 1120. The van der Waals surface area contributed by atoms with Crippen molar-refractivity contribution >= 4 is 11.8 Å². The number of aliphatic hydroxyl groups excluding tert-OH is 1. The third kappa shape index (κ3) is 5.81. The summed E-state index contributed by atoms with van der Waals surface area (Å²) in [5.74, 6) is -1.01. The second-order valence-corrected chi connectivity index (χ2v) is 8.51. The maximum atomic E-state index is 13.1. The lowest BCUT2D eigenvalue weighted by molar-refractivity contribution is -0.135. The molecule has 0 heterocycles. The molecule has 0 saturated heterocycles. The molecule has 4 rings (SSSR count). The minimum atomic E-state index is -0.727. The third-order valence-electron chi connectivity index (χ3n) is 6.08. The molecule has 1 aliphatic carbocycles. The van der Waals surface area contributed by atoms with E-state index in [9.17, 15) is 14.7 Å². The smallest absolute Gasteiger partial charge is 0.244 e. The second kappa shape index (κ2) is 11.0. The van der Waals surface area contributed by atoms with Gasteiger partial charge in [-0.1, -0.05) is 66.7 Å². The first-order valence-corrected chi connectivity index (χ1v) is 11.3. The number of nitrogens with one attached hydrogen (secondary N) is 2. The van der Waals surface area contributed by atoms with Crippen molar-refractivity contribution in [3.05, 3.63) is 101 Å². The topological polar surface area (TPSA) is 108 Å². The van der Waals surface area contributed by atoms with Gasteiger partial charge >= 0.3 is 0 Å². The summed E-state index contributed by atoms with van der Waals surface area (Å²) in [6.07, 6.45) is -0.149. The van der Waals surface area contributed by atoms with E-state index in [0.29, 0.717) is 25.2 Å². The van der Waals surface area contributed by atoms with Crippen LogP contribution in [0.5, 0.6) is 5.75 Å². The Morgan fingerprint density at radius 1 is 0.941 bits per heavy atom. The molecule has 3 unspecified atom stereocenters. The first kappa shape index (κ1) is 23.5. The van der Waals surface area contributed by atoms with E-state index < -0.39 is 24.0 Å². The maximum absolute atomic E-state index is 13.1. The van der Waals surface area contributed by atoms with Gasteiger partial charge in [-0.15, -0.1) is 0 Å². The summed E-state index contributed by atoms with van der Waals surface area (Å²) in [6.45, 7) is 0.451. The molecule has 0 radical (unpaired) electrons. The van der Waals surface area contributed by atoms with E-state index in [1.165, 1.54) is 0 Å². The minimum Gasteiger partial charge on any atom is -0.489 e. The van der Waals surface area contributed by atoms with Crippen molar-refractivity contribution in [3.63, 3.8) is 0 Å². The quantitative estimate of drug-likeness (QED) is 0.290. The van der Waals surface area contributed by atoms with Crippen molar-refractivity contribution < 1.29 is 24.6 Å². The summed E-state index contributed by atoms with van der Waals surface area (Å²) in [5.41, 5.74) is 5.40. The van der Waals surface area contributed by atoms with Crippen LogP contribution in [0.3, 0.4) is 0 Å². The fraction of sp³-hybridized carbons (Fsp3) is 0.259. The van der Waals surface area contributed by atoms with Crippen molar-refractivity contribution in [1.29, 1.82) is 0 Å². The van der Waals surface area contributed by atoms with E-state index >= 15 is 0 Å². The molecule has 0 aliphatic heterocycles. The van der Waals surface area contributed by atoms with Crippen LogP contribution in [0, 0.1) is 5.92 Å². The molecule has 176 valence electrons. The van der Waals surface area contributed by atoms with E-state index in [1.807, 2.05) is 78.9 Å². The largest absolute Gasteiger partial charge is 0.489 e. The number of rotatable bonds is 9. The van der Waals surface area contributed by atoms with Crippen LogP contribution in [0.1, 0.15) is 34.7 Å². The predicted molar refractivity (Wildman–Crippen MR) is 126 cm³/mol. The number of hydrogen-bond donors (Lipinski definition) is 4. The van der Waals surface area contributed by atoms with Crippen molar-refractivity contribution in [2.45, 2.75) is 38.0 Å².